The predicted octanol–water partition coefficient (Wildman–Crippen LogP) is 4.58. The van der Waals surface area contributed by atoms with E-state index in [0.29, 0.717) is 13.1 Å². The second-order valence-corrected chi connectivity index (χ2v) is 7.36. The molecule has 0 atom stereocenters. The number of rotatable bonds is 3. The molecule has 1 aliphatic rings. The number of nitrogens with one attached hydrogen (secondary N) is 2. The van der Waals surface area contributed by atoms with Crippen molar-refractivity contribution in [1.82, 2.24) is 20.2 Å². The quantitative estimate of drug-likeness (QED) is 0.701. The highest BCUT2D eigenvalue weighted by atomic mass is 19.1. The lowest BCUT2D eigenvalue weighted by molar-refractivity contribution is 0.200. The molecule has 0 fully saturated rings. The molecule has 4 rings (SSSR count). The van der Waals surface area contributed by atoms with E-state index in [-0.39, 0.29) is 17.9 Å². The smallest absolute Gasteiger partial charge is 0.317 e. The molecule has 0 saturated heterocycles. The first-order valence-corrected chi connectivity index (χ1v) is 9.49. The van der Waals surface area contributed by atoms with Gasteiger partial charge in [-0.05, 0) is 49.6 Å². The molecule has 0 radical (unpaired) electrons. The van der Waals surface area contributed by atoms with Crippen molar-refractivity contribution in [3.8, 4) is 11.1 Å². The minimum Gasteiger partial charge on any atom is -0.346 e. The van der Waals surface area contributed by atoms with Crippen molar-refractivity contribution < 1.29 is 9.18 Å². The molecule has 2 aromatic heterocycles. The predicted molar refractivity (Wildman–Crippen MR) is 109 cm³/mol. The number of benzene rings is 1. The standard InChI is InChI=1S/C22H23FN4O/c1-14(2)26-22(28)27-9-7-16(8-10-27)20-13-25-21-19(20)11-17(12-24-21)15-3-5-18(23)6-4-15/h3-7,11-14H,8-10H2,1-2H3,(H,24,25)(H,26,28). The summed E-state index contributed by atoms with van der Waals surface area (Å²) in [6.45, 7) is 5.19. The minimum atomic E-state index is -0.251. The number of nitrogens with zero attached hydrogens (tertiary/aromatic N) is 2. The van der Waals surface area contributed by atoms with Crippen molar-refractivity contribution in [1.29, 1.82) is 0 Å². The van der Waals surface area contributed by atoms with Crippen LogP contribution in [0.5, 0.6) is 0 Å². The fourth-order valence-corrected chi connectivity index (χ4v) is 3.51. The number of carbonyl (C=O) groups excluding carboxylic acids is 1. The Kier molecular flexibility index (Phi) is 4.86. The largest absolute Gasteiger partial charge is 0.346 e. The van der Waals surface area contributed by atoms with Crippen LogP contribution in [0.1, 0.15) is 25.8 Å². The van der Waals surface area contributed by atoms with Gasteiger partial charge in [-0.2, -0.15) is 0 Å². The Bertz CT molecular complexity index is 1040. The first-order chi connectivity index (χ1) is 13.5. The average molecular weight is 378 g/mol. The van der Waals surface area contributed by atoms with E-state index in [1.165, 1.54) is 17.7 Å². The van der Waals surface area contributed by atoms with Gasteiger partial charge in [-0.3, -0.25) is 0 Å². The van der Waals surface area contributed by atoms with Gasteiger partial charge in [0.25, 0.3) is 0 Å². The first kappa shape index (κ1) is 18.2. The maximum atomic E-state index is 13.2. The van der Waals surface area contributed by atoms with Crippen LogP contribution in [-0.2, 0) is 0 Å². The lowest BCUT2D eigenvalue weighted by atomic mass is 9.98. The van der Waals surface area contributed by atoms with Crippen LogP contribution >= 0.6 is 0 Å². The summed E-state index contributed by atoms with van der Waals surface area (Å²) in [7, 11) is 0. The molecule has 5 nitrogen and oxygen atoms in total. The van der Waals surface area contributed by atoms with Crippen molar-refractivity contribution >= 4 is 22.6 Å². The summed E-state index contributed by atoms with van der Waals surface area (Å²) in [6.07, 6.45) is 6.67. The van der Waals surface area contributed by atoms with Gasteiger partial charge in [0.05, 0.1) is 0 Å². The third-order valence-electron chi connectivity index (χ3n) is 4.96. The molecular weight excluding hydrogens is 355 g/mol. The Balaban J connectivity index is 1.61. The van der Waals surface area contributed by atoms with Crippen molar-refractivity contribution in [2.45, 2.75) is 26.3 Å². The van der Waals surface area contributed by atoms with E-state index in [1.807, 2.05) is 24.9 Å². The molecule has 6 heteroatoms. The molecule has 0 spiro atoms. The number of aromatic nitrogens is 2. The third kappa shape index (κ3) is 3.63. The van der Waals surface area contributed by atoms with Crippen molar-refractivity contribution in [3.63, 3.8) is 0 Å². The van der Waals surface area contributed by atoms with Gasteiger partial charge in [-0.25, -0.2) is 14.2 Å². The fraction of sp³-hybridized carbons (Fsp3) is 0.273. The van der Waals surface area contributed by atoms with Gasteiger partial charge in [0.2, 0.25) is 0 Å². The van der Waals surface area contributed by atoms with Crippen molar-refractivity contribution in [3.05, 3.63) is 60.2 Å². The molecule has 28 heavy (non-hydrogen) atoms. The van der Waals surface area contributed by atoms with Crippen molar-refractivity contribution in [2.24, 2.45) is 0 Å². The zero-order valence-corrected chi connectivity index (χ0v) is 16.0. The highest BCUT2D eigenvalue weighted by Crippen LogP contribution is 2.31. The van der Waals surface area contributed by atoms with Crippen LogP contribution in [0.3, 0.4) is 0 Å². The summed E-state index contributed by atoms with van der Waals surface area (Å²) in [5, 5.41) is 3.97. The molecule has 0 saturated carbocycles. The average Bonchev–Trinajstić information content (AvgIpc) is 3.11. The summed E-state index contributed by atoms with van der Waals surface area (Å²) < 4.78 is 13.2. The third-order valence-corrected chi connectivity index (χ3v) is 4.96. The molecule has 144 valence electrons. The van der Waals surface area contributed by atoms with E-state index in [9.17, 15) is 9.18 Å². The van der Waals surface area contributed by atoms with E-state index in [0.717, 1.165) is 34.1 Å². The number of hydrogen-bond donors (Lipinski definition) is 2. The highest BCUT2D eigenvalue weighted by molar-refractivity contribution is 5.93. The Labute approximate surface area is 163 Å². The van der Waals surface area contributed by atoms with Gasteiger partial charge in [0.15, 0.2) is 0 Å². The zero-order valence-electron chi connectivity index (χ0n) is 16.0. The normalized spacial score (nSPS) is 14.4. The molecular formula is C22H23FN4O. The second kappa shape index (κ2) is 7.46. The van der Waals surface area contributed by atoms with Crippen LogP contribution in [0.2, 0.25) is 0 Å². The second-order valence-electron chi connectivity index (χ2n) is 7.36. The summed E-state index contributed by atoms with van der Waals surface area (Å²) in [5.74, 6) is -0.251. The number of hydrogen-bond acceptors (Lipinski definition) is 2. The van der Waals surface area contributed by atoms with Gasteiger partial charge >= 0.3 is 6.03 Å². The lowest BCUT2D eigenvalue weighted by Gasteiger charge is -2.27. The van der Waals surface area contributed by atoms with Gasteiger partial charge in [-0.1, -0.05) is 18.2 Å². The maximum absolute atomic E-state index is 13.2. The van der Waals surface area contributed by atoms with Crippen LogP contribution < -0.4 is 5.32 Å². The maximum Gasteiger partial charge on any atom is 0.317 e. The molecule has 3 aromatic rings. The molecule has 2 amide bonds. The Morgan fingerprint density at radius 1 is 1.25 bits per heavy atom. The van der Waals surface area contributed by atoms with Crippen LogP contribution in [0.15, 0.2) is 48.8 Å². The number of aromatic amines is 1. The first-order valence-electron chi connectivity index (χ1n) is 9.49. The van der Waals surface area contributed by atoms with Crippen molar-refractivity contribution in [2.75, 3.05) is 13.1 Å². The van der Waals surface area contributed by atoms with Gasteiger partial charge < -0.3 is 15.2 Å². The Hall–Kier alpha value is -3.15. The fourth-order valence-electron chi connectivity index (χ4n) is 3.51. The Morgan fingerprint density at radius 2 is 2.04 bits per heavy atom. The summed E-state index contributed by atoms with van der Waals surface area (Å²) in [6, 6.07) is 8.62. The van der Waals surface area contributed by atoms with Crippen LogP contribution in [0.25, 0.3) is 27.7 Å². The highest BCUT2D eigenvalue weighted by Gasteiger charge is 2.20. The van der Waals surface area contributed by atoms with E-state index >= 15 is 0 Å². The monoisotopic (exact) mass is 378 g/mol. The number of carbonyl (C=O) groups is 1. The molecule has 0 unspecified atom stereocenters. The number of urea groups is 1. The molecule has 0 bridgehead atoms. The zero-order chi connectivity index (χ0) is 19.7. The van der Waals surface area contributed by atoms with E-state index in [1.54, 1.807) is 18.3 Å². The minimum absolute atomic E-state index is 0.0236. The SMILES string of the molecule is CC(C)NC(=O)N1CC=C(c2c[nH]c3ncc(-c4ccc(F)cc4)cc23)CC1. The van der Waals surface area contributed by atoms with E-state index in [2.05, 4.69) is 27.4 Å². The molecule has 3 heterocycles. The molecule has 1 aromatic carbocycles. The van der Waals surface area contributed by atoms with Gasteiger partial charge in [-0.15, -0.1) is 0 Å². The number of fused-ring (bicyclic) bond motifs is 1. The molecule has 1 aliphatic heterocycles. The molecule has 2 N–H and O–H groups in total. The summed E-state index contributed by atoms with van der Waals surface area (Å²) in [5.41, 5.74) is 5.01. The lowest BCUT2D eigenvalue weighted by Crippen LogP contribution is -2.44. The number of H-pyrrole nitrogens is 1. The van der Waals surface area contributed by atoms with Crippen LogP contribution in [-0.4, -0.2) is 40.0 Å². The van der Waals surface area contributed by atoms with E-state index in [4.69, 9.17) is 0 Å². The van der Waals surface area contributed by atoms with Gasteiger partial charge in [0.1, 0.15) is 11.5 Å². The summed E-state index contributed by atoms with van der Waals surface area (Å²) >= 11 is 0. The molecule has 0 aliphatic carbocycles. The van der Waals surface area contributed by atoms with E-state index < -0.39 is 0 Å². The number of halogens is 1. The summed E-state index contributed by atoms with van der Waals surface area (Å²) in [4.78, 5) is 21.8. The number of pyridine rings is 1. The number of amides is 2. The Morgan fingerprint density at radius 3 is 2.71 bits per heavy atom. The van der Waals surface area contributed by atoms with Crippen LogP contribution in [0.4, 0.5) is 9.18 Å². The topological polar surface area (TPSA) is 61.0 Å². The van der Waals surface area contributed by atoms with Gasteiger partial charge in [0, 0.05) is 48.0 Å². The van der Waals surface area contributed by atoms with Crippen LogP contribution in [0, 0.1) is 5.82 Å².